The summed E-state index contributed by atoms with van der Waals surface area (Å²) in [4.78, 5) is 27.1. The third-order valence-electron chi connectivity index (χ3n) is 4.48. The minimum absolute atomic E-state index is 0.00842. The average Bonchev–Trinajstić information content (AvgIpc) is 2.64. The van der Waals surface area contributed by atoms with Crippen molar-refractivity contribution in [3.8, 4) is 5.75 Å². The zero-order valence-electron chi connectivity index (χ0n) is 17.4. The molecule has 0 aliphatic carbocycles. The highest BCUT2D eigenvalue weighted by Gasteiger charge is 2.27. The summed E-state index contributed by atoms with van der Waals surface area (Å²) in [5.41, 5.74) is 3.06. The van der Waals surface area contributed by atoms with Gasteiger partial charge in [0.25, 0.3) is 5.91 Å². The van der Waals surface area contributed by atoms with Crippen molar-refractivity contribution in [3.63, 3.8) is 0 Å². The Labute approximate surface area is 167 Å². The number of hydrogen-bond acceptors (Lipinski definition) is 3. The van der Waals surface area contributed by atoms with E-state index in [-0.39, 0.29) is 24.5 Å². The van der Waals surface area contributed by atoms with Crippen molar-refractivity contribution in [2.24, 2.45) is 0 Å². The van der Waals surface area contributed by atoms with E-state index >= 15 is 0 Å². The highest BCUT2D eigenvalue weighted by atomic mass is 16.5. The number of benzene rings is 2. The fraction of sp³-hybridized carbons (Fsp3) is 0.391. The van der Waals surface area contributed by atoms with Gasteiger partial charge in [-0.05, 0) is 51.8 Å². The molecule has 0 saturated carbocycles. The Bertz CT molecular complexity index is 817. The number of amides is 2. The van der Waals surface area contributed by atoms with Crippen LogP contribution in [0.25, 0.3) is 0 Å². The topological polar surface area (TPSA) is 58.6 Å². The third-order valence-corrected chi connectivity index (χ3v) is 4.48. The molecular weight excluding hydrogens is 352 g/mol. The lowest BCUT2D eigenvalue weighted by atomic mass is 10.1. The van der Waals surface area contributed by atoms with Crippen LogP contribution in [-0.4, -0.2) is 35.4 Å². The number of aryl methyl sites for hydroxylation is 2. The largest absolute Gasteiger partial charge is 0.484 e. The zero-order valence-corrected chi connectivity index (χ0v) is 17.4. The molecule has 0 heterocycles. The maximum atomic E-state index is 13.0. The van der Waals surface area contributed by atoms with Crippen LogP contribution in [0.4, 0.5) is 0 Å². The Morgan fingerprint density at radius 3 is 2.39 bits per heavy atom. The Morgan fingerprint density at radius 2 is 1.75 bits per heavy atom. The smallest absolute Gasteiger partial charge is 0.261 e. The lowest BCUT2D eigenvalue weighted by Gasteiger charge is -2.29. The van der Waals surface area contributed by atoms with Gasteiger partial charge in [0.15, 0.2) is 6.61 Å². The first-order valence-electron chi connectivity index (χ1n) is 9.61. The quantitative estimate of drug-likeness (QED) is 0.759. The van der Waals surface area contributed by atoms with Gasteiger partial charge >= 0.3 is 0 Å². The van der Waals surface area contributed by atoms with Crippen molar-refractivity contribution in [1.82, 2.24) is 10.2 Å². The number of nitrogens with zero attached hydrogens (tertiary/aromatic N) is 1. The maximum Gasteiger partial charge on any atom is 0.261 e. The summed E-state index contributed by atoms with van der Waals surface area (Å²) in [6.07, 6.45) is 0. The van der Waals surface area contributed by atoms with Crippen LogP contribution < -0.4 is 10.1 Å². The molecule has 0 unspecified atom stereocenters. The molecule has 2 aromatic rings. The van der Waals surface area contributed by atoms with Crippen LogP contribution >= 0.6 is 0 Å². The molecule has 5 nitrogen and oxygen atoms in total. The number of nitrogens with one attached hydrogen (secondary N) is 1. The minimum atomic E-state index is -0.601. The first-order valence-corrected chi connectivity index (χ1v) is 9.61. The summed E-state index contributed by atoms with van der Waals surface area (Å²) in [6, 6.07) is 14.9. The van der Waals surface area contributed by atoms with Crippen LogP contribution in [-0.2, 0) is 16.1 Å². The van der Waals surface area contributed by atoms with Crippen LogP contribution in [0, 0.1) is 13.8 Å². The summed E-state index contributed by atoms with van der Waals surface area (Å²) >= 11 is 0. The van der Waals surface area contributed by atoms with E-state index in [0.717, 1.165) is 16.7 Å². The monoisotopic (exact) mass is 382 g/mol. The Morgan fingerprint density at radius 1 is 1.04 bits per heavy atom. The molecular formula is C23H30N2O3. The van der Waals surface area contributed by atoms with Crippen LogP contribution in [0.2, 0.25) is 0 Å². The Hall–Kier alpha value is -2.82. The summed E-state index contributed by atoms with van der Waals surface area (Å²) in [7, 11) is 0. The molecule has 2 rings (SSSR count). The number of ether oxygens (including phenoxy) is 1. The predicted molar refractivity (Wildman–Crippen MR) is 111 cm³/mol. The predicted octanol–water partition coefficient (Wildman–Crippen LogP) is 3.62. The van der Waals surface area contributed by atoms with Crippen molar-refractivity contribution in [2.45, 2.75) is 53.2 Å². The average molecular weight is 383 g/mol. The standard InChI is InChI=1S/C23H30N2O3/c1-16(2)24-23(27)19(5)25(14-20-11-8-9-17(3)13-20)22(26)15-28-21-12-7-6-10-18(21)4/h6-13,16,19H,14-15H2,1-5H3,(H,24,27)/t19-/m1/s1. The van der Waals surface area contributed by atoms with E-state index in [4.69, 9.17) is 4.74 Å². The first-order chi connectivity index (χ1) is 13.3. The van der Waals surface area contributed by atoms with Gasteiger partial charge in [0.05, 0.1) is 0 Å². The van der Waals surface area contributed by atoms with Crippen LogP contribution in [0.5, 0.6) is 5.75 Å². The number of para-hydroxylation sites is 1. The van der Waals surface area contributed by atoms with Crippen LogP contribution in [0.15, 0.2) is 48.5 Å². The van der Waals surface area contributed by atoms with Gasteiger partial charge in [-0.3, -0.25) is 9.59 Å². The van der Waals surface area contributed by atoms with Crippen LogP contribution in [0.3, 0.4) is 0 Å². The second kappa shape index (κ2) is 9.93. The molecule has 28 heavy (non-hydrogen) atoms. The Kier molecular flexibility index (Phi) is 7.61. The van der Waals surface area contributed by atoms with E-state index < -0.39 is 6.04 Å². The van der Waals surface area contributed by atoms with Crippen molar-refractivity contribution < 1.29 is 14.3 Å². The number of rotatable bonds is 8. The van der Waals surface area contributed by atoms with E-state index in [0.29, 0.717) is 12.3 Å². The molecule has 150 valence electrons. The van der Waals surface area contributed by atoms with Crippen molar-refractivity contribution in [2.75, 3.05) is 6.61 Å². The van der Waals surface area contributed by atoms with Crippen LogP contribution in [0.1, 0.15) is 37.5 Å². The first kappa shape index (κ1) is 21.5. The molecule has 0 saturated heterocycles. The van der Waals surface area contributed by atoms with E-state index in [1.807, 2.05) is 76.2 Å². The van der Waals surface area contributed by atoms with Crippen molar-refractivity contribution >= 4 is 11.8 Å². The van der Waals surface area contributed by atoms with E-state index in [1.165, 1.54) is 0 Å². The van der Waals surface area contributed by atoms with Crippen molar-refractivity contribution in [3.05, 3.63) is 65.2 Å². The number of hydrogen-bond donors (Lipinski definition) is 1. The summed E-state index contributed by atoms with van der Waals surface area (Å²) in [5.74, 6) is 0.272. The third kappa shape index (κ3) is 6.12. The summed E-state index contributed by atoms with van der Waals surface area (Å²) < 4.78 is 5.73. The normalized spacial score (nSPS) is 11.8. The molecule has 0 radical (unpaired) electrons. The number of carbonyl (C=O) groups is 2. The van der Waals surface area contributed by atoms with Gasteiger partial charge in [0, 0.05) is 12.6 Å². The van der Waals surface area contributed by atoms with Gasteiger partial charge < -0.3 is 15.0 Å². The molecule has 2 aromatic carbocycles. The lowest BCUT2D eigenvalue weighted by molar-refractivity contribution is -0.142. The van der Waals surface area contributed by atoms with E-state index in [1.54, 1.807) is 11.8 Å². The number of carbonyl (C=O) groups excluding carboxylic acids is 2. The molecule has 1 atom stereocenters. The highest BCUT2D eigenvalue weighted by Crippen LogP contribution is 2.17. The lowest BCUT2D eigenvalue weighted by Crippen LogP contribution is -2.50. The Balaban J connectivity index is 2.17. The summed E-state index contributed by atoms with van der Waals surface area (Å²) in [6.45, 7) is 9.73. The minimum Gasteiger partial charge on any atom is -0.484 e. The second-order valence-electron chi connectivity index (χ2n) is 7.40. The van der Waals surface area contributed by atoms with Gasteiger partial charge in [-0.1, -0.05) is 48.0 Å². The fourth-order valence-electron chi connectivity index (χ4n) is 2.94. The molecule has 0 fully saturated rings. The van der Waals surface area contributed by atoms with E-state index in [2.05, 4.69) is 5.32 Å². The molecule has 2 amide bonds. The molecule has 0 aliphatic heterocycles. The molecule has 5 heteroatoms. The summed E-state index contributed by atoms with van der Waals surface area (Å²) in [5, 5.41) is 2.88. The second-order valence-corrected chi connectivity index (χ2v) is 7.40. The zero-order chi connectivity index (χ0) is 20.7. The van der Waals surface area contributed by atoms with Gasteiger partial charge in [0.1, 0.15) is 11.8 Å². The van der Waals surface area contributed by atoms with Gasteiger partial charge in [-0.15, -0.1) is 0 Å². The van der Waals surface area contributed by atoms with Gasteiger partial charge in [0.2, 0.25) is 5.91 Å². The van der Waals surface area contributed by atoms with Gasteiger partial charge in [-0.2, -0.15) is 0 Å². The maximum absolute atomic E-state index is 13.0. The van der Waals surface area contributed by atoms with Gasteiger partial charge in [-0.25, -0.2) is 0 Å². The molecule has 0 spiro atoms. The molecule has 0 bridgehead atoms. The SMILES string of the molecule is Cc1cccc(CN(C(=O)COc2ccccc2C)[C@H](C)C(=O)NC(C)C)c1. The molecule has 1 N–H and O–H groups in total. The molecule has 0 aliphatic rings. The van der Waals surface area contributed by atoms with E-state index in [9.17, 15) is 9.59 Å². The molecule has 0 aromatic heterocycles. The highest BCUT2D eigenvalue weighted by molar-refractivity contribution is 5.88. The fourth-order valence-corrected chi connectivity index (χ4v) is 2.94. The van der Waals surface area contributed by atoms with Crippen molar-refractivity contribution in [1.29, 1.82) is 0 Å².